The molecule has 1 unspecified atom stereocenters. The van der Waals surface area contributed by atoms with E-state index in [-0.39, 0.29) is 23.6 Å². The highest BCUT2D eigenvalue weighted by Gasteiger charge is 2.29. The summed E-state index contributed by atoms with van der Waals surface area (Å²) in [5.74, 6) is 2.75. The van der Waals surface area contributed by atoms with Gasteiger partial charge in [-0.3, -0.25) is 4.79 Å². The van der Waals surface area contributed by atoms with Crippen LogP contribution in [0.5, 0.6) is 0 Å². The van der Waals surface area contributed by atoms with Crippen molar-refractivity contribution in [2.75, 3.05) is 31.2 Å². The molecule has 28 heavy (non-hydrogen) atoms. The number of likely N-dealkylation sites (tertiary alicyclic amines) is 1. The minimum atomic E-state index is -0.555. The second kappa shape index (κ2) is 9.01. The van der Waals surface area contributed by atoms with Crippen LogP contribution in [0.3, 0.4) is 0 Å². The summed E-state index contributed by atoms with van der Waals surface area (Å²) < 4.78 is 11.0. The van der Waals surface area contributed by atoms with Gasteiger partial charge in [-0.1, -0.05) is 0 Å². The first-order chi connectivity index (χ1) is 13.6. The molecule has 154 valence electrons. The number of carbonyl (C=O) groups excluding carboxylic acids is 1. The molecular formula is C21H30N2O4S. The lowest BCUT2D eigenvalue weighted by atomic mass is 10.00. The summed E-state index contributed by atoms with van der Waals surface area (Å²) in [6.07, 6.45) is 6.09. The number of piperidine rings is 1. The minimum absolute atomic E-state index is 0.123. The molecular weight excluding hydrogens is 376 g/mol. The van der Waals surface area contributed by atoms with E-state index in [0.29, 0.717) is 24.0 Å². The topological polar surface area (TPSA) is 71.8 Å². The van der Waals surface area contributed by atoms with Crippen LogP contribution in [-0.2, 0) is 4.74 Å². The highest BCUT2D eigenvalue weighted by atomic mass is 32.2. The van der Waals surface area contributed by atoms with Gasteiger partial charge >= 0.3 is 5.63 Å². The number of rotatable bonds is 4. The van der Waals surface area contributed by atoms with Crippen molar-refractivity contribution in [3.05, 3.63) is 33.4 Å². The molecule has 0 bridgehead atoms. The van der Waals surface area contributed by atoms with Crippen molar-refractivity contribution < 1.29 is 13.9 Å². The molecule has 3 aliphatic heterocycles. The summed E-state index contributed by atoms with van der Waals surface area (Å²) in [6.45, 7) is 4.53. The minimum Gasteiger partial charge on any atom is -0.424 e. The molecule has 3 fully saturated rings. The predicted octanol–water partition coefficient (Wildman–Crippen LogP) is 2.89. The summed E-state index contributed by atoms with van der Waals surface area (Å²) in [5, 5.41) is 3.07. The van der Waals surface area contributed by atoms with Crippen LogP contribution in [0.1, 0.15) is 66.3 Å². The number of amides is 1. The van der Waals surface area contributed by atoms with Crippen molar-refractivity contribution in [2.24, 2.45) is 0 Å². The van der Waals surface area contributed by atoms with Gasteiger partial charge in [-0.25, -0.2) is 4.79 Å². The Morgan fingerprint density at radius 2 is 1.93 bits per heavy atom. The smallest absolute Gasteiger partial charge is 0.349 e. The van der Waals surface area contributed by atoms with Gasteiger partial charge in [0.2, 0.25) is 0 Å². The van der Waals surface area contributed by atoms with E-state index in [1.54, 1.807) is 13.0 Å². The third-order valence-corrected chi connectivity index (χ3v) is 7.26. The molecule has 1 aromatic heterocycles. The SMILES string of the molecule is Cc1cc(C2CCCO2)oc(=O)c1C(=O)NC1CCN(C2CCSCC2)CC1. The van der Waals surface area contributed by atoms with Gasteiger partial charge < -0.3 is 19.4 Å². The molecule has 0 radical (unpaired) electrons. The lowest BCUT2D eigenvalue weighted by Crippen LogP contribution is -2.49. The van der Waals surface area contributed by atoms with Crippen LogP contribution < -0.4 is 10.9 Å². The van der Waals surface area contributed by atoms with Crippen LogP contribution in [0.15, 0.2) is 15.3 Å². The Morgan fingerprint density at radius 3 is 2.57 bits per heavy atom. The molecule has 0 spiro atoms. The predicted molar refractivity (Wildman–Crippen MR) is 110 cm³/mol. The zero-order valence-corrected chi connectivity index (χ0v) is 17.4. The van der Waals surface area contributed by atoms with Crippen LogP contribution >= 0.6 is 11.8 Å². The number of nitrogens with one attached hydrogen (secondary N) is 1. The highest BCUT2D eigenvalue weighted by molar-refractivity contribution is 7.99. The maximum atomic E-state index is 12.8. The van der Waals surface area contributed by atoms with Crippen molar-refractivity contribution in [2.45, 2.75) is 63.6 Å². The second-order valence-electron chi connectivity index (χ2n) is 8.12. The Kier molecular flexibility index (Phi) is 6.43. The number of thioether (sulfide) groups is 1. The van der Waals surface area contributed by atoms with Crippen molar-refractivity contribution in [1.82, 2.24) is 10.2 Å². The van der Waals surface area contributed by atoms with Gasteiger partial charge in [-0.2, -0.15) is 11.8 Å². The second-order valence-corrected chi connectivity index (χ2v) is 9.35. The summed E-state index contributed by atoms with van der Waals surface area (Å²) in [5.41, 5.74) is 0.241. The van der Waals surface area contributed by atoms with Gasteiger partial charge in [-0.15, -0.1) is 0 Å². The molecule has 1 atom stereocenters. The summed E-state index contributed by atoms with van der Waals surface area (Å²) in [4.78, 5) is 27.8. The van der Waals surface area contributed by atoms with Crippen LogP contribution in [0, 0.1) is 6.92 Å². The van der Waals surface area contributed by atoms with E-state index in [2.05, 4.69) is 22.0 Å². The summed E-state index contributed by atoms with van der Waals surface area (Å²) >= 11 is 2.05. The van der Waals surface area contributed by atoms with Gasteiger partial charge in [-0.05, 0) is 68.6 Å². The van der Waals surface area contributed by atoms with E-state index >= 15 is 0 Å². The number of carbonyl (C=O) groups is 1. The fourth-order valence-electron chi connectivity index (χ4n) is 4.58. The molecule has 3 saturated heterocycles. The monoisotopic (exact) mass is 406 g/mol. The van der Waals surface area contributed by atoms with E-state index in [1.807, 2.05) is 0 Å². The van der Waals surface area contributed by atoms with Gasteiger partial charge in [0, 0.05) is 31.8 Å². The number of ether oxygens (including phenoxy) is 1. The lowest BCUT2D eigenvalue weighted by Gasteiger charge is -2.39. The van der Waals surface area contributed by atoms with Gasteiger partial charge in [0.25, 0.3) is 5.91 Å². The van der Waals surface area contributed by atoms with Crippen LogP contribution in [0.2, 0.25) is 0 Å². The Morgan fingerprint density at radius 1 is 1.18 bits per heavy atom. The highest BCUT2D eigenvalue weighted by Crippen LogP contribution is 2.29. The molecule has 4 heterocycles. The first-order valence-corrected chi connectivity index (χ1v) is 11.7. The van der Waals surface area contributed by atoms with Gasteiger partial charge in [0.1, 0.15) is 17.4 Å². The summed E-state index contributed by atoms with van der Waals surface area (Å²) in [7, 11) is 0. The first-order valence-electron chi connectivity index (χ1n) is 10.5. The van der Waals surface area contributed by atoms with Gasteiger partial charge in [0.05, 0.1) is 0 Å². The number of hydrogen-bond donors (Lipinski definition) is 1. The zero-order valence-electron chi connectivity index (χ0n) is 16.6. The third kappa shape index (κ3) is 4.47. The van der Waals surface area contributed by atoms with Gasteiger partial charge in [0.15, 0.2) is 0 Å². The normalized spacial score (nSPS) is 25.1. The van der Waals surface area contributed by atoms with Crippen molar-refractivity contribution in [3.63, 3.8) is 0 Å². The van der Waals surface area contributed by atoms with E-state index in [0.717, 1.165) is 38.8 Å². The number of nitrogens with zero attached hydrogens (tertiary/aromatic N) is 1. The van der Waals surface area contributed by atoms with E-state index in [4.69, 9.17) is 9.15 Å². The Hall–Kier alpha value is -1.31. The molecule has 3 aliphatic rings. The Labute approximate surface area is 170 Å². The molecule has 1 N–H and O–H groups in total. The van der Waals surface area contributed by atoms with Crippen LogP contribution in [-0.4, -0.2) is 54.1 Å². The first kappa shape index (κ1) is 20.0. The zero-order chi connectivity index (χ0) is 19.5. The molecule has 7 heteroatoms. The van der Waals surface area contributed by atoms with Crippen LogP contribution in [0.25, 0.3) is 0 Å². The molecule has 0 saturated carbocycles. The van der Waals surface area contributed by atoms with E-state index in [9.17, 15) is 9.59 Å². The average molecular weight is 407 g/mol. The quantitative estimate of drug-likeness (QED) is 0.829. The number of hydrogen-bond acceptors (Lipinski definition) is 6. The van der Waals surface area contributed by atoms with E-state index in [1.165, 1.54) is 24.3 Å². The molecule has 0 aliphatic carbocycles. The van der Waals surface area contributed by atoms with Crippen molar-refractivity contribution in [1.29, 1.82) is 0 Å². The average Bonchev–Trinajstić information content (AvgIpc) is 3.23. The van der Waals surface area contributed by atoms with E-state index < -0.39 is 5.63 Å². The standard InChI is InChI=1S/C21H30N2O4S/c1-14-13-18(17-3-2-10-26-17)27-21(25)19(14)20(24)22-15-4-8-23(9-5-15)16-6-11-28-12-7-16/h13,15-17H,2-12H2,1H3,(H,22,24). The maximum Gasteiger partial charge on any atom is 0.349 e. The molecule has 4 rings (SSSR count). The molecule has 6 nitrogen and oxygen atoms in total. The molecule has 1 aromatic rings. The fourth-order valence-corrected chi connectivity index (χ4v) is 5.66. The van der Waals surface area contributed by atoms with Crippen molar-refractivity contribution in [3.8, 4) is 0 Å². The van der Waals surface area contributed by atoms with Crippen molar-refractivity contribution >= 4 is 17.7 Å². The summed E-state index contributed by atoms with van der Waals surface area (Å²) in [6, 6.07) is 2.62. The Balaban J connectivity index is 1.35. The van der Waals surface area contributed by atoms with Crippen LogP contribution in [0.4, 0.5) is 0 Å². The largest absolute Gasteiger partial charge is 0.424 e. The maximum absolute atomic E-state index is 12.8. The fraction of sp³-hybridized carbons (Fsp3) is 0.714. The number of aryl methyl sites for hydroxylation is 1. The lowest BCUT2D eigenvalue weighted by molar-refractivity contribution is 0.0854. The Bertz CT molecular complexity index is 745. The molecule has 1 amide bonds. The molecule has 0 aromatic carbocycles. The third-order valence-electron chi connectivity index (χ3n) is 6.21.